The van der Waals surface area contributed by atoms with E-state index < -0.39 is 29.2 Å². The molecule has 1 aromatic heterocycles. The zero-order chi connectivity index (χ0) is 27.4. The van der Waals surface area contributed by atoms with Crippen molar-refractivity contribution in [2.75, 3.05) is 21.3 Å². The minimum absolute atomic E-state index is 0.0631. The molecule has 0 spiro atoms. The number of nitrogens with two attached hydrogens (primary N) is 1. The van der Waals surface area contributed by atoms with Crippen LogP contribution in [0.1, 0.15) is 34.9 Å². The molecule has 0 saturated heterocycles. The van der Waals surface area contributed by atoms with Crippen LogP contribution in [0.4, 0.5) is 5.69 Å². The molecule has 1 aromatic carbocycles. The number of rotatable bonds is 8. The zero-order valence-corrected chi connectivity index (χ0v) is 20.9. The lowest BCUT2D eigenvalue weighted by Gasteiger charge is -2.28. The van der Waals surface area contributed by atoms with Crippen LogP contribution < -0.4 is 10.5 Å². The number of carbonyl (C=O) groups is 2. The Balaban J connectivity index is 2.20. The van der Waals surface area contributed by atoms with Crippen molar-refractivity contribution < 1.29 is 33.5 Å². The van der Waals surface area contributed by atoms with Crippen molar-refractivity contribution in [3.8, 4) is 11.8 Å². The fourth-order valence-corrected chi connectivity index (χ4v) is 4.19. The summed E-state index contributed by atoms with van der Waals surface area (Å²) in [5.74, 6) is -2.48. The first kappa shape index (κ1) is 26.7. The lowest BCUT2D eigenvalue weighted by molar-refractivity contribution is -0.386. The second-order valence-corrected chi connectivity index (χ2v) is 8.01. The second kappa shape index (κ2) is 10.8. The number of hydrogen-bond acceptors (Lipinski definition) is 11. The number of carbonyl (C=O) groups excluding carboxylic acids is 2. The van der Waals surface area contributed by atoms with Crippen LogP contribution in [-0.2, 0) is 30.3 Å². The molecule has 194 valence electrons. The fraction of sp³-hybridized carbons (Fsp3) is 0.333. The molecule has 1 aliphatic heterocycles. The van der Waals surface area contributed by atoms with E-state index in [1.54, 1.807) is 32.0 Å². The van der Waals surface area contributed by atoms with Crippen LogP contribution in [0.5, 0.6) is 5.75 Å². The highest BCUT2D eigenvalue weighted by molar-refractivity contribution is 5.93. The lowest BCUT2D eigenvalue weighted by Crippen LogP contribution is -2.27. The molecule has 0 saturated carbocycles. The van der Waals surface area contributed by atoms with Crippen molar-refractivity contribution in [2.45, 2.75) is 32.7 Å². The molecule has 0 amide bonds. The van der Waals surface area contributed by atoms with Crippen molar-refractivity contribution in [1.82, 2.24) is 9.78 Å². The number of nitriles is 1. The Kier molecular flexibility index (Phi) is 7.82. The van der Waals surface area contributed by atoms with Crippen molar-refractivity contribution in [3.63, 3.8) is 0 Å². The molecule has 1 atom stereocenters. The Morgan fingerprint density at radius 3 is 2.51 bits per heavy atom. The highest BCUT2D eigenvalue weighted by Crippen LogP contribution is 2.42. The molecule has 13 nitrogen and oxygen atoms in total. The lowest BCUT2D eigenvalue weighted by atomic mass is 9.82. The number of aromatic nitrogens is 2. The van der Waals surface area contributed by atoms with E-state index in [4.69, 9.17) is 24.7 Å². The third kappa shape index (κ3) is 5.08. The highest BCUT2D eigenvalue weighted by atomic mass is 16.6. The Morgan fingerprint density at radius 2 is 1.97 bits per heavy atom. The summed E-state index contributed by atoms with van der Waals surface area (Å²) in [5, 5.41) is 25.6. The molecular formula is C24H25N5O8. The standard InChI is InChI=1S/C24H25N5O8/c1-12-22(29(32)33)13(2)28(27-12)11-15-8-14(6-7-17(15)34-3)20-16(10-25)23(26)37-18(9-19(30)35-4)21(20)24(31)36-5/h6-8,20H,9,11,26H2,1-5H3/t20-/m1/s1. The average molecular weight is 511 g/mol. The van der Waals surface area contributed by atoms with Crippen LogP contribution >= 0.6 is 0 Å². The summed E-state index contributed by atoms with van der Waals surface area (Å²) in [6.07, 6.45) is -0.421. The summed E-state index contributed by atoms with van der Waals surface area (Å²) < 4.78 is 22.1. The minimum atomic E-state index is -1.04. The van der Waals surface area contributed by atoms with Gasteiger partial charge in [0.1, 0.15) is 41.0 Å². The number of nitro groups is 1. The molecule has 0 unspecified atom stereocenters. The van der Waals surface area contributed by atoms with Crippen LogP contribution in [0.25, 0.3) is 0 Å². The van der Waals surface area contributed by atoms with Gasteiger partial charge in [0.2, 0.25) is 5.88 Å². The molecule has 37 heavy (non-hydrogen) atoms. The van der Waals surface area contributed by atoms with Gasteiger partial charge in [0.15, 0.2) is 0 Å². The first-order valence-corrected chi connectivity index (χ1v) is 10.9. The summed E-state index contributed by atoms with van der Waals surface area (Å²) in [6.45, 7) is 3.22. The minimum Gasteiger partial charge on any atom is -0.496 e. The van der Waals surface area contributed by atoms with Crippen molar-refractivity contribution >= 4 is 17.6 Å². The maximum Gasteiger partial charge on any atom is 0.338 e. The number of hydrogen-bond donors (Lipinski definition) is 1. The van der Waals surface area contributed by atoms with Gasteiger partial charge in [-0.15, -0.1) is 0 Å². The normalized spacial score (nSPS) is 15.1. The summed E-state index contributed by atoms with van der Waals surface area (Å²) in [5.41, 5.74) is 7.37. The molecule has 0 radical (unpaired) electrons. The summed E-state index contributed by atoms with van der Waals surface area (Å²) in [7, 11) is 3.80. The van der Waals surface area contributed by atoms with Crippen LogP contribution in [-0.4, -0.2) is 48.0 Å². The van der Waals surface area contributed by atoms with Crippen LogP contribution in [0.2, 0.25) is 0 Å². The van der Waals surface area contributed by atoms with E-state index in [2.05, 4.69) is 5.10 Å². The van der Waals surface area contributed by atoms with Gasteiger partial charge >= 0.3 is 17.6 Å². The monoisotopic (exact) mass is 511 g/mol. The van der Waals surface area contributed by atoms with Gasteiger partial charge in [0.05, 0.1) is 44.3 Å². The SMILES string of the molecule is COC(=O)CC1=C(C(=O)OC)[C@H](c2ccc(OC)c(Cn3nc(C)c([N+](=O)[O-])c3C)c2)C(C#N)=C(N)O1. The van der Waals surface area contributed by atoms with Gasteiger partial charge in [-0.3, -0.25) is 19.6 Å². The number of methoxy groups -OCH3 is 3. The van der Waals surface area contributed by atoms with E-state index in [-0.39, 0.29) is 40.7 Å². The maximum atomic E-state index is 12.9. The molecule has 2 aromatic rings. The van der Waals surface area contributed by atoms with Gasteiger partial charge < -0.3 is 24.7 Å². The molecule has 3 rings (SSSR count). The van der Waals surface area contributed by atoms with Crippen LogP contribution in [0.15, 0.2) is 41.0 Å². The molecule has 0 fully saturated rings. The summed E-state index contributed by atoms with van der Waals surface area (Å²) in [6, 6.07) is 6.90. The van der Waals surface area contributed by atoms with Gasteiger partial charge in [-0.05, 0) is 31.5 Å². The molecule has 13 heteroatoms. The van der Waals surface area contributed by atoms with Gasteiger partial charge in [-0.2, -0.15) is 10.4 Å². The quantitative estimate of drug-likeness (QED) is 0.312. The van der Waals surface area contributed by atoms with Crippen LogP contribution in [0.3, 0.4) is 0 Å². The average Bonchev–Trinajstić information content (AvgIpc) is 3.15. The number of benzene rings is 1. The Morgan fingerprint density at radius 1 is 1.27 bits per heavy atom. The number of aryl methyl sites for hydroxylation is 1. The molecule has 2 heterocycles. The summed E-state index contributed by atoms with van der Waals surface area (Å²) >= 11 is 0. The smallest absolute Gasteiger partial charge is 0.338 e. The van der Waals surface area contributed by atoms with Crippen molar-refractivity contribution in [2.24, 2.45) is 5.73 Å². The highest BCUT2D eigenvalue weighted by Gasteiger charge is 2.38. The van der Waals surface area contributed by atoms with E-state index in [1.165, 1.54) is 18.9 Å². The van der Waals surface area contributed by atoms with E-state index in [9.17, 15) is 25.0 Å². The summed E-state index contributed by atoms with van der Waals surface area (Å²) in [4.78, 5) is 35.8. The molecule has 1 aliphatic rings. The Labute approximate surface area is 211 Å². The predicted octanol–water partition coefficient (Wildman–Crippen LogP) is 2.26. The molecule has 2 N–H and O–H groups in total. The zero-order valence-electron chi connectivity index (χ0n) is 20.9. The number of esters is 2. The van der Waals surface area contributed by atoms with Crippen molar-refractivity contribution in [1.29, 1.82) is 5.26 Å². The first-order chi connectivity index (χ1) is 17.6. The molecule has 0 aliphatic carbocycles. The fourth-order valence-electron chi connectivity index (χ4n) is 4.19. The molecule has 0 bridgehead atoms. The van der Waals surface area contributed by atoms with Gasteiger partial charge in [-0.1, -0.05) is 6.07 Å². The van der Waals surface area contributed by atoms with Crippen LogP contribution in [0, 0.1) is 35.3 Å². The third-order valence-corrected chi connectivity index (χ3v) is 5.92. The first-order valence-electron chi connectivity index (χ1n) is 10.9. The van der Waals surface area contributed by atoms with E-state index >= 15 is 0 Å². The number of allylic oxidation sites excluding steroid dienone is 1. The van der Waals surface area contributed by atoms with E-state index in [1.807, 2.05) is 6.07 Å². The second-order valence-electron chi connectivity index (χ2n) is 8.01. The maximum absolute atomic E-state index is 12.9. The van der Waals surface area contributed by atoms with Gasteiger partial charge in [-0.25, -0.2) is 4.79 Å². The van der Waals surface area contributed by atoms with Gasteiger partial charge in [0.25, 0.3) is 0 Å². The topological polar surface area (TPSA) is 182 Å². The largest absolute Gasteiger partial charge is 0.496 e. The molecular weight excluding hydrogens is 486 g/mol. The predicted molar refractivity (Wildman–Crippen MR) is 127 cm³/mol. The van der Waals surface area contributed by atoms with E-state index in [0.29, 0.717) is 22.6 Å². The number of ether oxygens (including phenoxy) is 4. The van der Waals surface area contributed by atoms with Gasteiger partial charge in [0, 0.05) is 5.56 Å². The van der Waals surface area contributed by atoms with Crippen molar-refractivity contribution in [3.05, 3.63) is 73.6 Å². The van der Waals surface area contributed by atoms with E-state index in [0.717, 1.165) is 7.11 Å². The Bertz CT molecular complexity index is 1380. The number of nitrogens with zero attached hydrogens (tertiary/aromatic N) is 4. The third-order valence-electron chi connectivity index (χ3n) is 5.92. The Hall–Kier alpha value is -4.86.